The van der Waals surface area contributed by atoms with Gasteiger partial charge in [0, 0.05) is 15.8 Å². The van der Waals surface area contributed by atoms with Gasteiger partial charge in [0.15, 0.2) is 0 Å². The molecule has 1 rings (SSSR count). The van der Waals surface area contributed by atoms with Gasteiger partial charge in [-0.3, -0.25) is 10.1 Å². The fourth-order valence-electron chi connectivity index (χ4n) is 1.21. The van der Waals surface area contributed by atoms with E-state index in [-0.39, 0.29) is 12.6 Å². The zero-order chi connectivity index (χ0) is 12.1. The molecule has 0 fully saturated rings. The smallest absolute Gasteiger partial charge is 0.318 e. The standard InChI is InChI=1S/C10H15N3O2S/c1-6-3-4-8(16-6)7(2)12-5-9(14)13-10(11)15/h3-4,7,12H,5H2,1-2H3,(H3,11,13,14,15). The molecular weight excluding hydrogens is 226 g/mol. The van der Waals surface area contributed by atoms with Crippen LogP contribution in [0.5, 0.6) is 0 Å². The van der Waals surface area contributed by atoms with E-state index >= 15 is 0 Å². The quantitative estimate of drug-likeness (QED) is 0.732. The Labute approximate surface area is 98.0 Å². The fourth-order valence-corrected chi connectivity index (χ4v) is 2.12. The SMILES string of the molecule is Cc1ccc(C(C)NCC(=O)NC(N)=O)s1. The maximum Gasteiger partial charge on any atom is 0.318 e. The summed E-state index contributed by atoms with van der Waals surface area (Å²) in [6.07, 6.45) is 0. The number of rotatable bonds is 4. The number of urea groups is 1. The third-order valence-corrected chi connectivity index (χ3v) is 3.20. The third kappa shape index (κ3) is 4.00. The average molecular weight is 241 g/mol. The van der Waals surface area contributed by atoms with Crippen LogP contribution in [0.25, 0.3) is 0 Å². The summed E-state index contributed by atoms with van der Waals surface area (Å²) in [5, 5.41) is 5.00. The van der Waals surface area contributed by atoms with E-state index in [1.165, 1.54) is 4.88 Å². The summed E-state index contributed by atoms with van der Waals surface area (Å²) in [4.78, 5) is 23.9. The van der Waals surface area contributed by atoms with Crippen LogP contribution in [0.4, 0.5) is 4.79 Å². The first-order valence-electron chi connectivity index (χ1n) is 4.88. The Morgan fingerprint density at radius 1 is 1.50 bits per heavy atom. The molecule has 16 heavy (non-hydrogen) atoms. The van der Waals surface area contributed by atoms with Gasteiger partial charge in [0.1, 0.15) is 0 Å². The molecule has 0 radical (unpaired) electrons. The lowest BCUT2D eigenvalue weighted by Gasteiger charge is -2.10. The lowest BCUT2D eigenvalue weighted by molar-refractivity contribution is -0.119. The zero-order valence-corrected chi connectivity index (χ0v) is 10.1. The average Bonchev–Trinajstić information content (AvgIpc) is 2.60. The molecule has 1 aromatic heterocycles. The predicted molar refractivity (Wildman–Crippen MR) is 63.2 cm³/mol. The second-order valence-corrected chi connectivity index (χ2v) is 4.78. The van der Waals surface area contributed by atoms with Gasteiger partial charge in [0.2, 0.25) is 5.91 Å². The number of hydrogen-bond donors (Lipinski definition) is 3. The molecule has 1 unspecified atom stereocenters. The van der Waals surface area contributed by atoms with Gasteiger partial charge in [-0.05, 0) is 26.0 Å². The maximum atomic E-state index is 11.1. The van der Waals surface area contributed by atoms with E-state index in [4.69, 9.17) is 5.73 Å². The van der Waals surface area contributed by atoms with E-state index < -0.39 is 11.9 Å². The van der Waals surface area contributed by atoms with Gasteiger partial charge in [0.25, 0.3) is 0 Å². The summed E-state index contributed by atoms with van der Waals surface area (Å²) in [5.41, 5.74) is 4.82. The Kier molecular flexibility index (Phi) is 4.45. The van der Waals surface area contributed by atoms with E-state index in [1.807, 2.05) is 31.3 Å². The van der Waals surface area contributed by atoms with Gasteiger partial charge >= 0.3 is 6.03 Å². The first-order chi connectivity index (χ1) is 7.49. The Bertz CT molecular complexity index is 389. The monoisotopic (exact) mass is 241 g/mol. The van der Waals surface area contributed by atoms with Crippen LogP contribution < -0.4 is 16.4 Å². The summed E-state index contributed by atoms with van der Waals surface area (Å²) < 4.78 is 0. The van der Waals surface area contributed by atoms with Crippen LogP contribution in [0.2, 0.25) is 0 Å². The molecule has 0 aliphatic rings. The van der Waals surface area contributed by atoms with Crippen molar-refractivity contribution in [3.63, 3.8) is 0 Å². The summed E-state index contributed by atoms with van der Waals surface area (Å²) in [6.45, 7) is 4.06. The highest BCUT2D eigenvalue weighted by Crippen LogP contribution is 2.21. The minimum Gasteiger partial charge on any atom is -0.351 e. The van der Waals surface area contributed by atoms with Crippen molar-refractivity contribution >= 4 is 23.3 Å². The van der Waals surface area contributed by atoms with Crippen molar-refractivity contribution in [1.82, 2.24) is 10.6 Å². The number of imide groups is 1. The van der Waals surface area contributed by atoms with Crippen LogP contribution in [0.1, 0.15) is 22.7 Å². The number of thiophene rings is 1. The maximum absolute atomic E-state index is 11.1. The molecule has 0 spiro atoms. The predicted octanol–water partition coefficient (Wildman–Crippen LogP) is 0.902. The summed E-state index contributed by atoms with van der Waals surface area (Å²) in [5.74, 6) is -0.423. The molecule has 6 heteroatoms. The Morgan fingerprint density at radius 3 is 2.69 bits per heavy atom. The molecular formula is C10H15N3O2S. The molecule has 1 heterocycles. The fraction of sp³-hybridized carbons (Fsp3) is 0.400. The lowest BCUT2D eigenvalue weighted by atomic mass is 10.2. The third-order valence-electron chi connectivity index (χ3n) is 2.02. The van der Waals surface area contributed by atoms with Crippen molar-refractivity contribution in [2.75, 3.05) is 6.54 Å². The second kappa shape index (κ2) is 5.62. The van der Waals surface area contributed by atoms with E-state index in [0.29, 0.717) is 0 Å². The van der Waals surface area contributed by atoms with Crippen LogP contribution in [-0.4, -0.2) is 18.5 Å². The van der Waals surface area contributed by atoms with Gasteiger partial charge in [-0.2, -0.15) is 0 Å². The minimum absolute atomic E-state index is 0.0705. The zero-order valence-electron chi connectivity index (χ0n) is 9.24. The van der Waals surface area contributed by atoms with E-state index in [2.05, 4.69) is 5.32 Å². The van der Waals surface area contributed by atoms with Crippen molar-refractivity contribution in [3.05, 3.63) is 21.9 Å². The molecule has 0 aromatic carbocycles. The summed E-state index contributed by atoms with van der Waals surface area (Å²) >= 11 is 1.68. The minimum atomic E-state index is -0.827. The molecule has 0 saturated heterocycles. The van der Waals surface area contributed by atoms with Crippen LogP contribution in [0.3, 0.4) is 0 Å². The molecule has 88 valence electrons. The molecule has 0 bridgehead atoms. The highest BCUT2D eigenvalue weighted by Gasteiger charge is 2.09. The second-order valence-electron chi connectivity index (χ2n) is 3.46. The van der Waals surface area contributed by atoms with Crippen molar-refractivity contribution in [2.24, 2.45) is 5.73 Å². The van der Waals surface area contributed by atoms with Gasteiger partial charge in [0.05, 0.1) is 6.54 Å². The highest BCUT2D eigenvalue weighted by molar-refractivity contribution is 7.12. The van der Waals surface area contributed by atoms with Gasteiger partial charge in [-0.15, -0.1) is 11.3 Å². The van der Waals surface area contributed by atoms with Crippen molar-refractivity contribution in [1.29, 1.82) is 0 Å². The summed E-state index contributed by atoms with van der Waals surface area (Å²) in [7, 11) is 0. The van der Waals surface area contributed by atoms with E-state index in [1.54, 1.807) is 11.3 Å². The Morgan fingerprint density at radius 2 is 2.19 bits per heavy atom. The molecule has 0 aliphatic heterocycles. The molecule has 0 saturated carbocycles. The number of aryl methyl sites for hydroxylation is 1. The first kappa shape index (κ1) is 12.7. The van der Waals surface area contributed by atoms with Crippen molar-refractivity contribution < 1.29 is 9.59 Å². The molecule has 3 amide bonds. The molecule has 0 aliphatic carbocycles. The topological polar surface area (TPSA) is 84.2 Å². The van der Waals surface area contributed by atoms with Crippen LogP contribution >= 0.6 is 11.3 Å². The number of carbonyl (C=O) groups excluding carboxylic acids is 2. The molecule has 1 aromatic rings. The van der Waals surface area contributed by atoms with Gasteiger partial charge < -0.3 is 11.1 Å². The number of nitrogens with two attached hydrogens (primary N) is 1. The molecule has 4 N–H and O–H groups in total. The van der Waals surface area contributed by atoms with E-state index in [0.717, 1.165) is 4.88 Å². The number of carbonyl (C=O) groups is 2. The number of nitrogens with one attached hydrogen (secondary N) is 2. The summed E-state index contributed by atoms with van der Waals surface area (Å²) in [6, 6.07) is 3.30. The van der Waals surface area contributed by atoms with Crippen molar-refractivity contribution in [3.8, 4) is 0 Å². The Hall–Kier alpha value is -1.40. The normalized spacial score (nSPS) is 12.1. The number of hydrogen-bond acceptors (Lipinski definition) is 4. The Balaban J connectivity index is 2.38. The van der Waals surface area contributed by atoms with Crippen LogP contribution in [-0.2, 0) is 4.79 Å². The van der Waals surface area contributed by atoms with Crippen LogP contribution in [0, 0.1) is 6.92 Å². The molecule has 5 nitrogen and oxygen atoms in total. The van der Waals surface area contributed by atoms with Gasteiger partial charge in [-0.25, -0.2) is 4.79 Å². The number of amides is 3. The molecule has 1 atom stereocenters. The van der Waals surface area contributed by atoms with Crippen molar-refractivity contribution in [2.45, 2.75) is 19.9 Å². The number of primary amides is 1. The largest absolute Gasteiger partial charge is 0.351 e. The van der Waals surface area contributed by atoms with E-state index in [9.17, 15) is 9.59 Å². The highest BCUT2D eigenvalue weighted by atomic mass is 32.1. The van der Waals surface area contributed by atoms with Gasteiger partial charge in [-0.1, -0.05) is 0 Å². The lowest BCUT2D eigenvalue weighted by Crippen LogP contribution is -2.41. The van der Waals surface area contributed by atoms with Crippen LogP contribution in [0.15, 0.2) is 12.1 Å². The first-order valence-corrected chi connectivity index (χ1v) is 5.69.